The van der Waals surface area contributed by atoms with Crippen LogP contribution in [0.4, 0.5) is 0 Å². The van der Waals surface area contributed by atoms with E-state index >= 15 is 0 Å². The standard InChI is InChI=1S/C16H24N2O4/c1-6-8-16(5,15(21)22)18-14(20)13-11(7-2)12(10(4)19)9(3)17-13/h17H,6-8H2,1-5H3,(H,18,20)(H,21,22). The van der Waals surface area contributed by atoms with Gasteiger partial charge < -0.3 is 15.4 Å². The lowest BCUT2D eigenvalue weighted by atomic mass is 9.95. The number of hydrogen-bond acceptors (Lipinski definition) is 3. The number of aromatic amines is 1. The molecule has 1 aromatic heterocycles. The van der Waals surface area contributed by atoms with E-state index in [0.29, 0.717) is 36.1 Å². The van der Waals surface area contributed by atoms with Crippen LogP contribution in [-0.2, 0) is 11.2 Å². The number of ketones is 1. The molecule has 3 N–H and O–H groups in total. The zero-order valence-electron chi connectivity index (χ0n) is 13.8. The zero-order chi connectivity index (χ0) is 17.1. The molecule has 6 heteroatoms. The van der Waals surface area contributed by atoms with Gasteiger partial charge in [0.2, 0.25) is 0 Å². The van der Waals surface area contributed by atoms with Crippen molar-refractivity contribution in [3.05, 3.63) is 22.5 Å². The van der Waals surface area contributed by atoms with Gasteiger partial charge in [-0.2, -0.15) is 0 Å². The third-order valence-corrected chi connectivity index (χ3v) is 3.84. The number of aryl methyl sites for hydroxylation is 1. The van der Waals surface area contributed by atoms with Gasteiger partial charge in [0.1, 0.15) is 11.2 Å². The smallest absolute Gasteiger partial charge is 0.329 e. The second-order valence-electron chi connectivity index (χ2n) is 5.73. The minimum Gasteiger partial charge on any atom is -0.480 e. The Kier molecular flexibility index (Phi) is 5.52. The Balaban J connectivity index is 3.21. The maximum Gasteiger partial charge on any atom is 0.329 e. The van der Waals surface area contributed by atoms with Crippen molar-refractivity contribution < 1.29 is 19.5 Å². The van der Waals surface area contributed by atoms with Crippen molar-refractivity contribution in [2.75, 3.05) is 0 Å². The summed E-state index contributed by atoms with van der Waals surface area (Å²) < 4.78 is 0. The molecule has 1 rings (SSSR count). The summed E-state index contributed by atoms with van der Waals surface area (Å²) in [5, 5.41) is 11.9. The number of H-pyrrole nitrogens is 1. The van der Waals surface area contributed by atoms with Crippen LogP contribution >= 0.6 is 0 Å². The summed E-state index contributed by atoms with van der Waals surface area (Å²) >= 11 is 0. The van der Waals surface area contributed by atoms with Crippen molar-refractivity contribution in [2.45, 2.75) is 59.4 Å². The molecule has 0 aliphatic carbocycles. The van der Waals surface area contributed by atoms with E-state index in [0.717, 1.165) is 0 Å². The molecule has 0 radical (unpaired) electrons. The van der Waals surface area contributed by atoms with Crippen LogP contribution in [0.5, 0.6) is 0 Å². The topological polar surface area (TPSA) is 99.3 Å². The number of Topliss-reactive ketones (excluding diaryl/α,β-unsaturated/α-hetero) is 1. The molecule has 1 atom stereocenters. The molecule has 122 valence electrons. The monoisotopic (exact) mass is 308 g/mol. The Morgan fingerprint density at radius 3 is 2.27 bits per heavy atom. The van der Waals surface area contributed by atoms with Crippen LogP contribution in [0.3, 0.4) is 0 Å². The fourth-order valence-electron chi connectivity index (χ4n) is 2.74. The van der Waals surface area contributed by atoms with Crippen LogP contribution in [0.25, 0.3) is 0 Å². The van der Waals surface area contributed by atoms with E-state index in [1.807, 2.05) is 13.8 Å². The molecule has 0 aromatic carbocycles. The number of carboxylic acids is 1. The van der Waals surface area contributed by atoms with Gasteiger partial charge in [-0.05, 0) is 39.2 Å². The second-order valence-corrected chi connectivity index (χ2v) is 5.73. The van der Waals surface area contributed by atoms with Crippen LogP contribution < -0.4 is 5.32 Å². The number of amides is 1. The van der Waals surface area contributed by atoms with E-state index in [2.05, 4.69) is 10.3 Å². The van der Waals surface area contributed by atoms with E-state index in [-0.39, 0.29) is 11.5 Å². The molecule has 0 aliphatic heterocycles. The summed E-state index contributed by atoms with van der Waals surface area (Å²) in [6.45, 7) is 8.39. The first kappa shape index (κ1) is 17.9. The second kappa shape index (κ2) is 6.77. The van der Waals surface area contributed by atoms with Crippen molar-refractivity contribution in [1.29, 1.82) is 0 Å². The summed E-state index contributed by atoms with van der Waals surface area (Å²) in [4.78, 5) is 38.6. The summed E-state index contributed by atoms with van der Waals surface area (Å²) in [5.74, 6) is -1.68. The highest BCUT2D eigenvalue weighted by Crippen LogP contribution is 2.22. The average molecular weight is 308 g/mol. The first-order valence-electron chi connectivity index (χ1n) is 7.46. The Morgan fingerprint density at radius 2 is 1.86 bits per heavy atom. The number of hydrogen-bond donors (Lipinski definition) is 3. The van der Waals surface area contributed by atoms with E-state index in [1.165, 1.54) is 13.8 Å². The van der Waals surface area contributed by atoms with Crippen molar-refractivity contribution in [2.24, 2.45) is 0 Å². The van der Waals surface area contributed by atoms with Crippen molar-refractivity contribution in [1.82, 2.24) is 10.3 Å². The molecule has 0 saturated heterocycles. The van der Waals surface area contributed by atoms with Crippen LogP contribution in [0.1, 0.15) is 72.6 Å². The molecule has 6 nitrogen and oxygen atoms in total. The summed E-state index contributed by atoms with van der Waals surface area (Å²) in [6, 6.07) is 0. The number of aromatic nitrogens is 1. The minimum atomic E-state index is -1.33. The molecule has 0 bridgehead atoms. The van der Waals surface area contributed by atoms with Gasteiger partial charge in [0.25, 0.3) is 5.91 Å². The first-order valence-corrected chi connectivity index (χ1v) is 7.46. The molecule has 0 saturated carbocycles. The van der Waals surface area contributed by atoms with Gasteiger partial charge >= 0.3 is 5.97 Å². The van der Waals surface area contributed by atoms with Gasteiger partial charge in [0, 0.05) is 11.3 Å². The molecule has 1 aromatic rings. The highest BCUT2D eigenvalue weighted by Gasteiger charge is 2.35. The molecule has 1 unspecified atom stereocenters. The average Bonchev–Trinajstić information content (AvgIpc) is 2.75. The van der Waals surface area contributed by atoms with Crippen molar-refractivity contribution in [3.63, 3.8) is 0 Å². The number of nitrogens with one attached hydrogen (secondary N) is 2. The van der Waals surface area contributed by atoms with Gasteiger partial charge in [-0.1, -0.05) is 20.3 Å². The fraction of sp³-hybridized carbons (Fsp3) is 0.562. The van der Waals surface area contributed by atoms with Gasteiger partial charge in [0.05, 0.1) is 0 Å². The quantitative estimate of drug-likeness (QED) is 0.674. The highest BCUT2D eigenvalue weighted by atomic mass is 16.4. The molecular formula is C16H24N2O4. The number of rotatable bonds is 7. The molecule has 0 aliphatic rings. The van der Waals surface area contributed by atoms with Gasteiger partial charge in [-0.25, -0.2) is 4.79 Å². The van der Waals surface area contributed by atoms with E-state index in [1.54, 1.807) is 6.92 Å². The van der Waals surface area contributed by atoms with Crippen molar-refractivity contribution in [3.8, 4) is 0 Å². The summed E-state index contributed by atoms with van der Waals surface area (Å²) in [5.41, 5.74) is 0.717. The third kappa shape index (κ3) is 3.37. The Bertz CT molecular complexity index is 604. The van der Waals surface area contributed by atoms with Gasteiger partial charge in [-0.3, -0.25) is 9.59 Å². The van der Waals surface area contributed by atoms with Crippen LogP contribution in [0.2, 0.25) is 0 Å². The number of carbonyl (C=O) groups is 3. The summed E-state index contributed by atoms with van der Waals surface area (Å²) in [6.07, 6.45) is 1.47. The largest absolute Gasteiger partial charge is 0.480 e. The SMILES string of the molecule is CCCC(C)(NC(=O)c1[nH]c(C)c(C(C)=O)c1CC)C(=O)O. The number of carboxylic acid groups (broad SMARTS) is 1. The normalized spacial score (nSPS) is 13.5. The van der Waals surface area contributed by atoms with Crippen LogP contribution in [-0.4, -0.2) is 33.3 Å². The third-order valence-electron chi connectivity index (χ3n) is 3.84. The highest BCUT2D eigenvalue weighted by molar-refractivity contribution is 6.03. The van der Waals surface area contributed by atoms with E-state index < -0.39 is 17.4 Å². The molecule has 22 heavy (non-hydrogen) atoms. The predicted octanol–water partition coefficient (Wildman–Crippen LogP) is 2.46. The van der Waals surface area contributed by atoms with Crippen molar-refractivity contribution >= 4 is 17.7 Å². The van der Waals surface area contributed by atoms with Gasteiger partial charge in [0.15, 0.2) is 5.78 Å². The predicted molar refractivity (Wildman–Crippen MR) is 83.3 cm³/mol. The molecular weight excluding hydrogens is 284 g/mol. The molecule has 1 heterocycles. The summed E-state index contributed by atoms with van der Waals surface area (Å²) in [7, 11) is 0. The lowest BCUT2D eigenvalue weighted by molar-refractivity contribution is -0.144. The molecule has 1 amide bonds. The Morgan fingerprint density at radius 1 is 1.27 bits per heavy atom. The fourth-order valence-corrected chi connectivity index (χ4v) is 2.74. The number of carbonyl (C=O) groups excluding carboxylic acids is 2. The zero-order valence-corrected chi connectivity index (χ0v) is 13.8. The van der Waals surface area contributed by atoms with E-state index in [9.17, 15) is 19.5 Å². The first-order chi connectivity index (χ1) is 10.2. The number of aliphatic carboxylic acids is 1. The molecule has 0 fully saturated rings. The lowest BCUT2D eigenvalue weighted by Crippen LogP contribution is -2.52. The molecule has 0 spiro atoms. The van der Waals surface area contributed by atoms with Crippen LogP contribution in [0.15, 0.2) is 0 Å². The van der Waals surface area contributed by atoms with Gasteiger partial charge in [-0.15, -0.1) is 0 Å². The Labute approximate surface area is 130 Å². The maximum absolute atomic E-state index is 12.5. The van der Waals surface area contributed by atoms with E-state index in [4.69, 9.17) is 0 Å². The minimum absolute atomic E-state index is 0.112. The maximum atomic E-state index is 12.5. The lowest BCUT2D eigenvalue weighted by Gasteiger charge is -2.25. The Hall–Kier alpha value is -2.11. The van der Waals surface area contributed by atoms with Crippen LogP contribution in [0, 0.1) is 6.92 Å².